The molecule has 4 rings (SSSR count). The lowest BCUT2D eigenvalue weighted by molar-refractivity contribution is 0.259. The van der Waals surface area contributed by atoms with Crippen LogP contribution in [0.25, 0.3) is 0 Å². The van der Waals surface area contributed by atoms with Gasteiger partial charge < -0.3 is 15.7 Å². The summed E-state index contributed by atoms with van der Waals surface area (Å²) in [5.74, 6) is 0.796. The molecule has 0 aliphatic carbocycles. The van der Waals surface area contributed by atoms with Crippen LogP contribution in [0.2, 0.25) is 0 Å². The second-order valence-corrected chi connectivity index (χ2v) is 7.34. The van der Waals surface area contributed by atoms with E-state index in [2.05, 4.69) is 20.7 Å². The predicted molar refractivity (Wildman–Crippen MR) is 88.0 cm³/mol. The summed E-state index contributed by atoms with van der Waals surface area (Å²) in [5.41, 5.74) is 1.38. The van der Waals surface area contributed by atoms with Gasteiger partial charge in [0, 0.05) is 11.8 Å². The maximum absolute atomic E-state index is 12.8. The first-order valence-electron chi connectivity index (χ1n) is 7.36. The van der Waals surface area contributed by atoms with E-state index in [9.17, 15) is 13.5 Å². The standard InChI is InChI=1S/C15H15N5O3S/c1-9(21)14-18-12-8-16-15-11(13(12)19-14)7-17-20(15)24(22,23)10-5-3-2-4-6-10/h2-9,13,16,21H,1H3,(H,18,19)/t9-,13?/m1/s1. The Balaban J connectivity index is 1.79. The Morgan fingerprint density at radius 3 is 2.75 bits per heavy atom. The van der Waals surface area contributed by atoms with E-state index in [0.717, 1.165) is 9.78 Å². The molecular weight excluding hydrogens is 330 g/mol. The van der Waals surface area contributed by atoms with Crippen LogP contribution in [0.4, 0.5) is 5.82 Å². The van der Waals surface area contributed by atoms with E-state index in [0.29, 0.717) is 17.2 Å². The van der Waals surface area contributed by atoms with Gasteiger partial charge in [0.25, 0.3) is 10.0 Å². The van der Waals surface area contributed by atoms with Crippen LogP contribution in [0.1, 0.15) is 18.5 Å². The summed E-state index contributed by atoms with van der Waals surface area (Å²) in [6.07, 6.45) is 2.39. The summed E-state index contributed by atoms with van der Waals surface area (Å²) in [6, 6.07) is 7.72. The number of hydrogen-bond donors (Lipinski definition) is 3. The molecule has 124 valence electrons. The number of aromatic nitrogens is 2. The Kier molecular flexibility index (Phi) is 3.22. The highest BCUT2D eigenvalue weighted by molar-refractivity contribution is 7.90. The lowest BCUT2D eigenvalue weighted by Gasteiger charge is -2.18. The van der Waals surface area contributed by atoms with E-state index in [1.54, 1.807) is 31.3 Å². The van der Waals surface area contributed by atoms with Gasteiger partial charge in [0.2, 0.25) is 0 Å². The molecule has 9 heteroatoms. The normalized spacial score (nSPS) is 20.2. The molecule has 2 atom stereocenters. The van der Waals surface area contributed by atoms with Gasteiger partial charge in [0.1, 0.15) is 18.0 Å². The van der Waals surface area contributed by atoms with Gasteiger partial charge >= 0.3 is 0 Å². The first-order chi connectivity index (χ1) is 11.5. The minimum absolute atomic E-state index is 0.158. The molecular formula is C15H15N5O3S. The van der Waals surface area contributed by atoms with Gasteiger partial charge in [-0.3, -0.25) is 4.99 Å². The zero-order chi connectivity index (χ0) is 16.9. The molecule has 8 nitrogen and oxygen atoms in total. The number of aliphatic hydroxyl groups excluding tert-OH is 1. The Hall–Kier alpha value is -2.65. The number of fused-ring (bicyclic) bond motifs is 3. The molecule has 1 unspecified atom stereocenters. The highest BCUT2D eigenvalue weighted by atomic mass is 32.2. The molecule has 0 saturated carbocycles. The van der Waals surface area contributed by atoms with Gasteiger partial charge in [-0.25, -0.2) is 0 Å². The van der Waals surface area contributed by atoms with E-state index in [1.165, 1.54) is 18.3 Å². The van der Waals surface area contributed by atoms with Gasteiger partial charge in [-0.2, -0.15) is 13.5 Å². The van der Waals surface area contributed by atoms with Crippen LogP contribution in [-0.4, -0.2) is 34.6 Å². The fourth-order valence-electron chi connectivity index (χ4n) is 2.72. The minimum Gasteiger partial charge on any atom is -0.385 e. The number of rotatable bonds is 3. The quantitative estimate of drug-likeness (QED) is 0.760. The molecule has 2 aliphatic rings. The largest absolute Gasteiger partial charge is 0.385 e. The van der Waals surface area contributed by atoms with E-state index in [1.807, 2.05) is 0 Å². The van der Waals surface area contributed by atoms with Crippen LogP contribution in [0.3, 0.4) is 0 Å². The third kappa shape index (κ3) is 2.13. The average Bonchev–Trinajstić information content (AvgIpc) is 3.19. The number of hydrogen-bond acceptors (Lipinski definition) is 7. The molecule has 0 amide bonds. The van der Waals surface area contributed by atoms with Crippen molar-refractivity contribution in [3.8, 4) is 0 Å². The number of aliphatic imine (C=N–C) groups is 1. The fraction of sp³-hybridized carbons (Fsp3) is 0.200. The molecule has 0 radical (unpaired) electrons. The van der Waals surface area contributed by atoms with Crippen molar-refractivity contribution in [3.63, 3.8) is 0 Å². The van der Waals surface area contributed by atoms with E-state index < -0.39 is 22.2 Å². The average molecular weight is 345 g/mol. The third-order valence-electron chi connectivity index (χ3n) is 3.93. The van der Waals surface area contributed by atoms with Gasteiger partial charge in [0.15, 0.2) is 5.82 Å². The molecule has 0 bridgehead atoms. The van der Waals surface area contributed by atoms with Crippen LogP contribution in [0, 0.1) is 0 Å². The second kappa shape index (κ2) is 5.18. The van der Waals surface area contributed by atoms with Crippen LogP contribution in [-0.2, 0) is 10.0 Å². The van der Waals surface area contributed by atoms with Crippen molar-refractivity contribution in [2.45, 2.75) is 24.0 Å². The number of benzene rings is 1. The monoisotopic (exact) mass is 345 g/mol. The second-order valence-electron chi connectivity index (χ2n) is 5.57. The molecule has 0 spiro atoms. The van der Waals surface area contributed by atoms with Crippen LogP contribution < -0.4 is 10.6 Å². The maximum Gasteiger partial charge on any atom is 0.284 e. The van der Waals surface area contributed by atoms with Crippen molar-refractivity contribution in [1.29, 1.82) is 0 Å². The molecule has 3 N–H and O–H groups in total. The lowest BCUT2D eigenvalue weighted by Crippen LogP contribution is -2.29. The van der Waals surface area contributed by atoms with Crippen molar-refractivity contribution in [2.75, 3.05) is 5.32 Å². The number of nitrogens with zero attached hydrogens (tertiary/aromatic N) is 3. The highest BCUT2D eigenvalue weighted by Crippen LogP contribution is 2.38. The van der Waals surface area contributed by atoms with Crippen LogP contribution >= 0.6 is 0 Å². The first kappa shape index (κ1) is 14.9. The minimum atomic E-state index is -3.80. The Labute approximate surface area is 138 Å². The molecule has 1 aromatic heterocycles. The number of anilines is 1. The highest BCUT2D eigenvalue weighted by Gasteiger charge is 2.35. The first-order valence-corrected chi connectivity index (χ1v) is 8.80. The summed E-state index contributed by atoms with van der Waals surface area (Å²) in [5, 5.41) is 19.7. The molecule has 1 aromatic carbocycles. The molecule has 0 fully saturated rings. The van der Waals surface area contributed by atoms with Crippen molar-refractivity contribution in [2.24, 2.45) is 4.99 Å². The van der Waals surface area contributed by atoms with Gasteiger partial charge in [0.05, 0.1) is 16.8 Å². The van der Waals surface area contributed by atoms with E-state index in [-0.39, 0.29) is 4.90 Å². The Morgan fingerprint density at radius 2 is 2.04 bits per heavy atom. The van der Waals surface area contributed by atoms with Crippen molar-refractivity contribution < 1.29 is 13.5 Å². The number of amidine groups is 1. The van der Waals surface area contributed by atoms with Crippen molar-refractivity contribution in [3.05, 3.63) is 54.0 Å². The van der Waals surface area contributed by atoms with Crippen molar-refractivity contribution >= 4 is 21.7 Å². The molecule has 2 aliphatic heterocycles. The smallest absolute Gasteiger partial charge is 0.284 e. The topological polar surface area (TPSA) is 109 Å². The summed E-state index contributed by atoms with van der Waals surface area (Å²) in [7, 11) is -3.80. The van der Waals surface area contributed by atoms with Crippen LogP contribution in [0.5, 0.6) is 0 Å². The summed E-state index contributed by atoms with van der Waals surface area (Å²) < 4.78 is 26.5. The molecule has 2 aromatic rings. The van der Waals surface area contributed by atoms with E-state index >= 15 is 0 Å². The fourth-order valence-corrected chi connectivity index (χ4v) is 4.00. The van der Waals surface area contributed by atoms with Crippen LogP contribution in [0.15, 0.2) is 58.3 Å². The molecule has 24 heavy (non-hydrogen) atoms. The van der Waals surface area contributed by atoms with Crippen molar-refractivity contribution in [1.82, 2.24) is 14.5 Å². The van der Waals surface area contributed by atoms with Gasteiger partial charge in [-0.15, -0.1) is 4.09 Å². The van der Waals surface area contributed by atoms with E-state index in [4.69, 9.17) is 0 Å². The number of nitrogens with one attached hydrogen (secondary N) is 2. The molecule has 3 heterocycles. The summed E-state index contributed by atoms with van der Waals surface area (Å²) in [4.78, 5) is 4.58. The summed E-state index contributed by atoms with van der Waals surface area (Å²) in [6.45, 7) is 1.61. The van der Waals surface area contributed by atoms with Gasteiger partial charge in [-0.1, -0.05) is 18.2 Å². The zero-order valence-corrected chi connectivity index (χ0v) is 13.5. The Morgan fingerprint density at radius 1 is 1.29 bits per heavy atom. The predicted octanol–water partition coefficient (Wildman–Crippen LogP) is 0.811. The zero-order valence-electron chi connectivity index (χ0n) is 12.7. The lowest BCUT2D eigenvalue weighted by atomic mass is 10.1. The maximum atomic E-state index is 12.8. The van der Waals surface area contributed by atoms with Gasteiger partial charge in [-0.05, 0) is 19.1 Å². The number of aliphatic hydroxyl groups is 1. The third-order valence-corrected chi connectivity index (χ3v) is 5.53. The summed E-state index contributed by atoms with van der Waals surface area (Å²) >= 11 is 0. The SMILES string of the molecule is C[C@@H](O)C1=NC2C(=CNc3c2cnn3S(=O)(=O)c2ccccc2)N1. The molecule has 0 saturated heterocycles. The Bertz CT molecular complexity index is 960.